The van der Waals surface area contributed by atoms with Crippen molar-refractivity contribution in [2.45, 2.75) is 33.6 Å². The Morgan fingerprint density at radius 2 is 1.77 bits per heavy atom. The first-order chi connectivity index (χ1) is 17.1. The number of aryl methyl sites for hydroxylation is 1. The van der Waals surface area contributed by atoms with Crippen LogP contribution in [0.5, 0.6) is 5.75 Å². The quantitative estimate of drug-likeness (QED) is 0.302. The molecule has 4 aromatic rings. The minimum Gasteiger partial charge on any atom is -0.487 e. The summed E-state index contributed by atoms with van der Waals surface area (Å²) >= 11 is 0. The largest absolute Gasteiger partial charge is 0.487 e. The fourth-order valence-electron chi connectivity index (χ4n) is 3.70. The number of ether oxygens (including phenoxy) is 3. The van der Waals surface area contributed by atoms with Crippen LogP contribution in [0.1, 0.15) is 39.7 Å². The van der Waals surface area contributed by atoms with Gasteiger partial charge in [0.25, 0.3) is 5.91 Å². The number of carbonyl (C=O) groups is 1. The summed E-state index contributed by atoms with van der Waals surface area (Å²) in [6.07, 6.45) is 3.94. The van der Waals surface area contributed by atoms with Gasteiger partial charge in [0, 0.05) is 31.1 Å². The summed E-state index contributed by atoms with van der Waals surface area (Å²) in [7, 11) is 0. The molecule has 0 aliphatic rings. The summed E-state index contributed by atoms with van der Waals surface area (Å²) in [5.41, 5.74) is 5.56. The van der Waals surface area contributed by atoms with Crippen molar-refractivity contribution in [2.75, 3.05) is 19.8 Å². The molecule has 4 rings (SSSR count). The molecular weight excluding hydrogens is 442 g/mol. The van der Waals surface area contributed by atoms with Crippen LogP contribution in [-0.2, 0) is 29.2 Å². The van der Waals surface area contributed by atoms with E-state index in [1.165, 1.54) is 0 Å². The van der Waals surface area contributed by atoms with Gasteiger partial charge in [0.15, 0.2) is 0 Å². The van der Waals surface area contributed by atoms with Gasteiger partial charge < -0.3 is 23.9 Å². The Labute approximate surface area is 205 Å². The average molecular weight is 474 g/mol. The van der Waals surface area contributed by atoms with Crippen LogP contribution in [0.15, 0.2) is 73.1 Å². The zero-order valence-electron chi connectivity index (χ0n) is 20.2. The predicted molar refractivity (Wildman–Crippen MR) is 134 cm³/mol. The van der Waals surface area contributed by atoms with E-state index in [1.54, 1.807) is 24.3 Å². The van der Waals surface area contributed by atoms with Gasteiger partial charge in [0.05, 0.1) is 25.5 Å². The van der Waals surface area contributed by atoms with E-state index in [4.69, 9.17) is 14.2 Å². The Hall–Kier alpha value is -3.68. The van der Waals surface area contributed by atoms with Gasteiger partial charge >= 0.3 is 0 Å². The van der Waals surface area contributed by atoms with E-state index in [0.29, 0.717) is 50.9 Å². The monoisotopic (exact) mass is 473 g/mol. The van der Waals surface area contributed by atoms with Gasteiger partial charge in [-0.2, -0.15) is 0 Å². The van der Waals surface area contributed by atoms with Crippen LogP contribution in [0.2, 0.25) is 0 Å². The molecule has 2 aromatic carbocycles. The van der Waals surface area contributed by atoms with Crippen molar-refractivity contribution in [3.8, 4) is 5.75 Å². The molecule has 0 aliphatic carbocycles. The van der Waals surface area contributed by atoms with Crippen LogP contribution < -0.4 is 10.1 Å². The molecule has 0 aliphatic heterocycles. The molecule has 2 heterocycles. The zero-order chi connectivity index (χ0) is 24.5. The second-order valence-electron chi connectivity index (χ2n) is 8.22. The van der Waals surface area contributed by atoms with Gasteiger partial charge in [-0.3, -0.25) is 4.79 Å². The molecule has 0 bridgehead atoms. The van der Waals surface area contributed by atoms with Crippen LogP contribution in [0.4, 0.5) is 0 Å². The number of imidazole rings is 1. The van der Waals surface area contributed by atoms with Crippen LogP contribution >= 0.6 is 0 Å². The number of pyridine rings is 1. The lowest BCUT2D eigenvalue weighted by Crippen LogP contribution is -2.22. The number of nitrogens with zero attached hydrogens (tertiary/aromatic N) is 2. The third kappa shape index (κ3) is 6.91. The van der Waals surface area contributed by atoms with Crippen molar-refractivity contribution < 1.29 is 19.0 Å². The number of nitrogens with one attached hydrogen (secondary N) is 1. The third-order valence-electron chi connectivity index (χ3n) is 5.52. The van der Waals surface area contributed by atoms with E-state index < -0.39 is 0 Å². The lowest BCUT2D eigenvalue weighted by Gasteiger charge is -2.09. The van der Waals surface area contributed by atoms with Gasteiger partial charge in [0.2, 0.25) is 0 Å². The number of fused-ring (bicyclic) bond motifs is 1. The van der Waals surface area contributed by atoms with Crippen LogP contribution in [0.3, 0.4) is 0 Å². The molecule has 0 saturated carbocycles. The smallest absolute Gasteiger partial charge is 0.251 e. The molecule has 2 aromatic heterocycles. The van der Waals surface area contributed by atoms with E-state index in [0.717, 1.165) is 28.0 Å². The number of hydrogen-bond acceptors (Lipinski definition) is 5. The summed E-state index contributed by atoms with van der Waals surface area (Å²) in [6.45, 7) is 7.17. The third-order valence-corrected chi connectivity index (χ3v) is 5.52. The lowest BCUT2D eigenvalue weighted by atomic mass is 10.1. The van der Waals surface area contributed by atoms with Crippen molar-refractivity contribution in [2.24, 2.45) is 0 Å². The normalized spacial score (nSPS) is 11.0. The maximum atomic E-state index is 12.6. The average Bonchev–Trinajstić information content (AvgIpc) is 3.31. The number of hydrogen-bond donors (Lipinski definition) is 1. The number of amides is 1. The Morgan fingerprint density at radius 3 is 2.57 bits per heavy atom. The first-order valence-corrected chi connectivity index (χ1v) is 11.8. The van der Waals surface area contributed by atoms with Crippen LogP contribution in [-0.4, -0.2) is 35.1 Å². The number of carbonyl (C=O) groups excluding carboxylic acids is 1. The summed E-state index contributed by atoms with van der Waals surface area (Å²) in [5.74, 6) is 0.554. The van der Waals surface area contributed by atoms with Crippen molar-refractivity contribution in [1.82, 2.24) is 14.7 Å². The molecule has 0 fully saturated rings. The van der Waals surface area contributed by atoms with E-state index in [-0.39, 0.29) is 5.91 Å². The topological polar surface area (TPSA) is 74.1 Å². The van der Waals surface area contributed by atoms with Crippen LogP contribution in [0, 0.1) is 6.92 Å². The molecule has 1 amide bonds. The molecule has 182 valence electrons. The summed E-state index contributed by atoms with van der Waals surface area (Å²) in [4.78, 5) is 17.2. The minimum absolute atomic E-state index is 0.134. The van der Waals surface area contributed by atoms with E-state index in [1.807, 2.05) is 67.0 Å². The number of aromatic nitrogens is 2. The van der Waals surface area contributed by atoms with Crippen LogP contribution in [0.25, 0.3) is 5.65 Å². The predicted octanol–water partition coefficient (Wildman–Crippen LogP) is 4.70. The first-order valence-electron chi connectivity index (χ1n) is 11.8. The van der Waals surface area contributed by atoms with Gasteiger partial charge in [0.1, 0.15) is 18.0 Å². The number of benzene rings is 2. The van der Waals surface area contributed by atoms with E-state index in [9.17, 15) is 4.79 Å². The molecule has 7 nitrogen and oxygen atoms in total. The standard InChI is InChI=1S/C28H31N3O4/c1-3-33-14-15-34-19-23-8-4-7-22(16-23)17-29-28(32)24-9-11-26(12-10-24)35-20-25-18-31-13-5-6-21(2)27(31)30-25/h4-13,16,18H,3,14-15,17,19-20H2,1-2H3,(H,29,32). The second kappa shape index (κ2) is 12.1. The van der Waals surface area contributed by atoms with E-state index in [2.05, 4.69) is 10.3 Å². The highest BCUT2D eigenvalue weighted by molar-refractivity contribution is 5.94. The molecule has 35 heavy (non-hydrogen) atoms. The van der Waals surface area contributed by atoms with Crippen molar-refractivity contribution >= 4 is 11.6 Å². The van der Waals surface area contributed by atoms with E-state index >= 15 is 0 Å². The molecule has 0 unspecified atom stereocenters. The lowest BCUT2D eigenvalue weighted by molar-refractivity contribution is 0.0453. The van der Waals surface area contributed by atoms with Gasteiger partial charge in [-0.25, -0.2) is 4.98 Å². The highest BCUT2D eigenvalue weighted by Crippen LogP contribution is 2.16. The Morgan fingerprint density at radius 1 is 0.971 bits per heavy atom. The first kappa shape index (κ1) is 24.4. The van der Waals surface area contributed by atoms with Gasteiger partial charge in [-0.1, -0.05) is 30.3 Å². The fraction of sp³-hybridized carbons (Fsp3) is 0.286. The molecular formula is C28H31N3O4. The van der Waals surface area contributed by atoms with Crippen molar-refractivity contribution in [3.05, 3.63) is 101 Å². The van der Waals surface area contributed by atoms with Gasteiger partial charge in [-0.15, -0.1) is 0 Å². The SMILES string of the molecule is CCOCCOCc1cccc(CNC(=O)c2ccc(OCc3cn4cccc(C)c4n3)cc2)c1. The summed E-state index contributed by atoms with van der Waals surface area (Å²) < 4.78 is 18.8. The molecule has 0 atom stereocenters. The fourth-order valence-corrected chi connectivity index (χ4v) is 3.70. The zero-order valence-corrected chi connectivity index (χ0v) is 20.2. The highest BCUT2D eigenvalue weighted by Gasteiger charge is 2.08. The summed E-state index contributed by atoms with van der Waals surface area (Å²) in [5, 5.41) is 2.97. The highest BCUT2D eigenvalue weighted by atomic mass is 16.5. The molecule has 0 saturated heterocycles. The maximum Gasteiger partial charge on any atom is 0.251 e. The Kier molecular flexibility index (Phi) is 8.48. The second-order valence-corrected chi connectivity index (χ2v) is 8.22. The molecule has 0 spiro atoms. The minimum atomic E-state index is -0.134. The summed E-state index contributed by atoms with van der Waals surface area (Å²) in [6, 6.07) is 19.2. The molecule has 7 heteroatoms. The molecule has 0 radical (unpaired) electrons. The number of rotatable bonds is 12. The van der Waals surface area contributed by atoms with Crippen molar-refractivity contribution in [1.29, 1.82) is 0 Å². The Bertz CT molecular complexity index is 1250. The van der Waals surface area contributed by atoms with Crippen molar-refractivity contribution in [3.63, 3.8) is 0 Å². The van der Waals surface area contributed by atoms with Gasteiger partial charge in [-0.05, 0) is 60.9 Å². The molecule has 1 N–H and O–H groups in total. The maximum absolute atomic E-state index is 12.6. The Balaban J connectivity index is 1.25.